The minimum Gasteiger partial charge on any atom is -0.495 e. The molecule has 0 saturated heterocycles. The normalized spacial score (nSPS) is 10.5. The molecule has 1 aromatic carbocycles. The van der Waals surface area contributed by atoms with E-state index in [4.69, 9.17) is 9.47 Å². The summed E-state index contributed by atoms with van der Waals surface area (Å²) in [6.45, 7) is 5.77. The van der Waals surface area contributed by atoms with Crippen LogP contribution in [0, 0.1) is 6.92 Å². The number of aryl methyl sites for hydroxylation is 3. The zero-order valence-electron chi connectivity index (χ0n) is 15.7. The number of nitrogens with one attached hydrogen (secondary N) is 1. The molecule has 6 heteroatoms. The number of anilines is 1. The van der Waals surface area contributed by atoms with E-state index in [2.05, 4.69) is 19.2 Å². The predicted octanol–water partition coefficient (Wildman–Crippen LogP) is 4.38. The molecule has 26 heavy (non-hydrogen) atoms. The molecule has 0 atom stereocenters. The lowest BCUT2D eigenvalue weighted by molar-refractivity contribution is -0.119. The van der Waals surface area contributed by atoms with Gasteiger partial charge in [-0.1, -0.05) is 26.3 Å². The average molecular weight is 375 g/mol. The molecule has 0 aliphatic carbocycles. The first-order chi connectivity index (χ1) is 12.5. The number of methoxy groups -OCH3 is 1. The summed E-state index contributed by atoms with van der Waals surface area (Å²) >= 11 is 1.45. The summed E-state index contributed by atoms with van der Waals surface area (Å²) in [6, 6.07) is 7.36. The molecule has 1 heterocycles. The monoisotopic (exact) mass is 375 g/mol. The van der Waals surface area contributed by atoms with Gasteiger partial charge in [-0.3, -0.25) is 4.79 Å². The van der Waals surface area contributed by atoms with Crippen molar-refractivity contribution >= 4 is 28.9 Å². The molecule has 0 fully saturated rings. The third-order valence-electron chi connectivity index (χ3n) is 3.92. The van der Waals surface area contributed by atoms with E-state index in [1.807, 2.05) is 25.1 Å². The highest BCUT2D eigenvalue weighted by atomic mass is 32.1. The highest BCUT2D eigenvalue weighted by molar-refractivity contribution is 7.14. The van der Waals surface area contributed by atoms with Gasteiger partial charge in [0.15, 0.2) is 6.61 Å². The number of hydrogen-bond donors (Lipinski definition) is 1. The minimum absolute atomic E-state index is 0.335. The van der Waals surface area contributed by atoms with Crippen molar-refractivity contribution in [1.29, 1.82) is 0 Å². The Labute approximate surface area is 158 Å². The summed E-state index contributed by atoms with van der Waals surface area (Å²) in [5, 5.41) is 2.72. The van der Waals surface area contributed by atoms with Crippen LogP contribution in [0.15, 0.2) is 24.3 Å². The van der Waals surface area contributed by atoms with Gasteiger partial charge in [0.1, 0.15) is 10.6 Å². The summed E-state index contributed by atoms with van der Waals surface area (Å²) in [6.07, 6.45) is 2.87. The van der Waals surface area contributed by atoms with Gasteiger partial charge < -0.3 is 14.8 Å². The van der Waals surface area contributed by atoms with Crippen LogP contribution in [0.3, 0.4) is 0 Å². The predicted molar refractivity (Wildman–Crippen MR) is 104 cm³/mol. The van der Waals surface area contributed by atoms with Crippen molar-refractivity contribution in [3.8, 4) is 5.75 Å². The van der Waals surface area contributed by atoms with Gasteiger partial charge in [-0.25, -0.2) is 4.79 Å². The van der Waals surface area contributed by atoms with E-state index < -0.39 is 11.9 Å². The molecule has 0 spiro atoms. The van der Waals surface area contributed by atoms with E-state index in [0.717, 1.165) is 24.8 Å². The number of carbonyl (C=O) groups excluding carboxylic acids is 2. The lowest BCUT2D eigenvalue weighted by atomic mass is 10.1. The van der Waals surface area contributed by atoms with Crippen molar-refractivity contribution in [2.75, 3.05) is 19.0 Å². The first-order valence-corrected chi connectivity index (χ1v) is 9.53. The lowest BCUT2D eigenvalue weighted by Crippen LogP contribution is -2.21. The molecule has 5 nitrogen and oxygen atoms in total. The van der Waals surface area contributed by atoms with Crippen LogP contribution in [0.4, 0.5) is 5.69 Å². The number of amides is 1. The summed E-state index contributed by atoms with van der Waals surface area (Å²) < 4.78 is 10.4. The SMILES string of the molecule is CCCc1sc(C(=O)OCC(=O)Nc2cc(C)ccc2OC)cc1CC. The van der Waals surface area contributed by atoms with E-state index >= 15 is 0 Å². The smallest absolute Gasteiger partial charge is 0.348 e. The third-order valence-corrected chi connectivity index (χ3v) is 5.14. The zero-order chi connectivity index (χ0) is 19.1. The molecule has 1 aromatic heterocycles. The summed E-state index contributed by atoms with van der Waals surface area (Å²) in [4.78, 5) is 26.1. The van der Waals surface area contributed by atoms with Crippen LogP contribution in [0.1, 0.15) is 45.9 Å². The second kappa shape index (κ2) is 9.38. The van der Waals surface area contributed by atoms with Crippen molar-refractivity contribution in [1.82, 2.24) is 0 Å². The van der Waals surface area contributed by atoms with Crippen LogP contribution in [0.2, 0.25) is 0 Å². The Kier molecular flexibility index (Phi) is 7.21. The highest BCUT2D eigenvalue weighted by Crippen LogP contribution is 2.26. The third kappa shape index (κ3) is 5.08. The van der Waals surface area contributed by atoms with Gasteiger partial charge >= 0.3 is 5.97 Å². The Balaban J connectivity index is 1.97. The molecule has 1 N–H and O–H groups in total. The number of esters is 1. The van der Waals surface area contributed by atoms with Crippen molar-refractivity contribution in [2.45, 2.75) is 40.0 Å². The van der Waals surface area contributed by atoms with Crippen LogP contribution in [-0.2, 0) is 22.4 Å². The van der Waals surface area contributed by atoms with E-state index in [1.54, 1.807) is 6.07 Å². The van der Waals surface area contributed by atoms with Crippen LogP contribution < -0.4 is 10.1 Å². The Morgan fingerprint density at radius 2 is 1.96 bits per heavy atom. The summed E-state index contributed by atoms with van der Waals surface area (Å²) in [5.41, 5.74) is 2.73. The number of rotatable bonds is 8. The van der Waals surface area contributed by atoms with Crippen molar-refractivity contribution in [3.05, 3.63) is 45.1 Å². The number of hydrogen-bond acceptors (Lipinski definition) is 5. The molecule has 2 rings (SSSR count). The van der Waals surface area contributed by atoms with Crippen molar-refractivity contribution in [3.63, 3.8) is 0 Å². The fourth-order valence-corrected chi connectivity index (χ4v) is 3.86. The first-order valence-electron chi connectivity index (χ1n) is 8.71. The van der Waals surface area contributed by atoms with Gasteiger partial charge in [0.2, 0.25) is 0 Å². The van der Waals surface area contributed by atoms with Crippen molar-refractivity contribution in [2.24, 2.45) is 0 Å². The molecule has 0 saturated carbocycles. The summed E-state index contributed by atoms with van der Waals surface area (Å²) in [7, 11) is 1.54. The van der Waals surface area contributed by atoms with Crippen LogP contribution in [0.5, 0.6) is 5.75 Å². The van der Waals surface area contributed by atoms with Gasteiger partial charge in [0.25, 0.3) is 5.91 Å². The fourth-order valence-electron chi connectivity index (χ4n) is 2.61. The van der Waals surface area contributed by atoms with E-state index in [-0.39, 0.29) is 6.61 Å². The van der Waals surface area contributed by atoms with Crippen LogP contribution in [-0.4, -0.2) is 25.6 Å². The Bertz CT molecular complexity index is 782. The van der Waals surface area contributed by atoms with E-state index in [0.29, 0.717) is 16.3 Å². The van der Waals surface area contributed by atoms with Gasteiger partial charge in [-0.2, -0.15) is 0 Å². The van der Waals surface area contributed by atoms with Gasteiger partial charge in [0.05, 0.1) is 12.8 Å². The zero-order valence-corrected chi connectivity index (χ0v) is 16.5. The average Bonchev–Trinajstić information content (AvgIpc) is 3.03. The molecular weight excluding hydrogens is 350 g/mol. The number of thiophene rings is 1. The van der Waals surface area contributed by atoms with E-state index in [9.17, 15) is 9.59 Å². The number of ether oxygens (including phenoxy) is 2. The molecular formula is C20H25NO4S. The van der Waals surface area contributed by atoms with Gasteiger partial charge in [-0.15, -0.1) is 11.3 Å². The second-order valence-electron chi connectivity index (χ2n) is 5.99. The molecule has 0 aliphatic rings. The molecule has 0 radical (unpaired) electrons. The largest absolute Gasteiger partial charge is 0.495 e. The first kappa shape index (κ1) is 20.0. The number of carbonyl (C=O) groups is 2. The molecule has 0 unspecified atom stereocenters. The van der Waals surface area contributed by atoms with Gasteiger partial charge in [0, 0.05) is 4.88 Å². The summed E-state index contributed by atoms with van der Waals surface area (Å²) in [5.74, 6) is -0.299. The lowest BCUT2D eigenvalue weighted by Gasteiger charge is -2.11. The van der Waals surface area contributed by atoms with Crippen molar-refractivity contribution < 1.29 is 19.1 Å². The molecule has 1 amide bonds. The maximum Gasteiger partial charge on any atom is 0.348 e. The Morgan fingerprint density at radius 1 is 1.19 bits per heavy atom. The molecule has 2 aromatic rings. The number of benzene rings is 1. The van der Waals surface area contributed by atoms with Gasteiger partial charge in [-0.05, 0) is 49.1 Å². The topological polar surface area (TPSA) is 64.6 Å². The maximum absolute atomic E-state index is 12.2. The van der Waals surface area contributed by atoms with Crippen LogP contribution in [0.25, 0.3) is 0 Å². The molecule has 0 aliphatic heterocycles. The standard InChI is InChI=1S/C20H25NO4S/c1-5-7-17-14(6-2)11-18(26-17)20(23)25-12-19(22)21-15-10-13(3)8-9-16(15)24-4/h8-11H,5-7,12H2,1-4H3,(H,21,22). The van der Waals surface area contributed by atoms with Crippen LogP contribution >= 0.6 is 11.3 Å². The molecule has 0 bridgehead atoms. The molecule has 140 valence electrons. The Hall–Kier alpha value is -2.34. The fraction of sp³-hybridized carbons (Fsp3) is 0.400. The highest BCUT2D eigenvalue weighted by Gasteiger charge is 2.16. The quantitative estimate of drug-likeness (QED) is 0.696. The Morgan fingerprint density at radius 3 is 2.62 bits per heavy atom. The van der Waals surface area contributed by atoms with E-state index in [1.165, 1.54) is 28.9 Å². The second-order valence-corrected chi connectivity index (χ2v) is 7.13. The maximum atomic E-state index is 12.2. The minimum atomic E-state index is -0.460.